The van der Waals surface area contributed by atoms with Gasteiger partial charge in [0.05, 0.1) is 0 Å². The van der Waals surface area contributed by atoms with Gasteiger partial charge in [-0.05, 0) is 12.8 Å². The van der Waals surface area contributed by atoms with Gasteiger partial charge in [0.15, 0.2) is 5.56 Å². The molecule has 0 fully saturated rings. The first-order chi connectivity index (χ1) is 5.31. The average molecular weight is 179 g/mol. The van der Waals surface area contributed by atoms with Crippen molar-refractivity contribution < 1.29 is 9.53 Å². The van der Waals surface area contributed by atoms with Gasteiger partial charge in [-0.1, -0.05) is 37.8 Å². The Morgan fingerprint density at radius 2 is 2.18 bits per heavy atom. The maximum absolute atomic E-state index is 9.80. The molecule has 0 aliphatic carbocycles. The predicted molar refractivity (Wildman–Crippen MR) is 45.5 cm³/mol. The van der Waals surface area contributed by atoms with Crippen molar-refractivity contribution in [3.63, 3.8) is 0 Å². The number of hydrogen-bond donors (Lipinski definition) is 0. The van der Waals surface area contributed by atoms with Crippen LogP contribution in [0.25, 0.3) is 0 Å². The zero-order valence-corrected chi connectivity index (χ0v) is 7.64. The number of rotatable bonds is 7. The highest BCUT2D eigenvalue weighted by Crippen LogP contribution is 2.10. The number of carbonyl (C=O) groups excluding carboxylic acids is 1. The Labute approximate surface area is 72.9 Å². The summed E-state index contributed by atoms with van der Waals surface area (Å²) in [7, 11) is 0. The van der Waals surface area contributed by atoms with Crippen LogP contribution >= 0.6 is 11.6 Å². The summed E-state index contributed by atoms with van der Waals surface area (Å²) in [6, 6.07) is 0. The highest BCUT2D eigenvalue weighted by molar-refractivity contribution is 6.19. The Balaban J connectivity index is 3.03. The van der Waals surface area contributed by atoms with Crippen LogP contribution in [0.4, 0.5) is 0 Å². The Morgan fingerprint density at radius 3 is 2.73 bits per heavy atom. The Morgan fingerprint density at radius 1 is 1.45 bits per heavy atom. The number of unbranched alkanes of at least 4 members (excludes halogenated alkanes) is 3. The average Bonchev–Trinajstić information content (AvgIpc) is 1.99. The zero-order valence-electron chi connectivity index (χ0n) is 6.88. The second-order valence-corrected chi connectivity index (χ2v) is 2.98. The summed E-state index contributed by atoms with van der Waals surface area (Å²) in [6.07, 6.45) is 5.41. The first-order valence-electron chi connectivity index (χ1n) is 4.04. The van der Waals surface area contributed by atoms with Crippen molar-refractivity contribution >= 4 is 18.1 Å². The number of carbonyl (C=O) groups is 1. The Hall–Kier alpha value is -0.240. The van der Waals surface area contributed by atoms with Gasteiger partial charge in [-0.15, -0.1) is 0 Å². The van der Waals surface area contributed by atoms with Crippen LogP contribution in [0.2, 0.25) is 0 Å². The molecule has 2 nitrogen and oxygen atoms in total. The third-order valence-corrected chi connectivity index (χ3v) is 1.81. The van der Waals surface area contributed by atoms with Crippen molar-refractivity contribution in [3.05, 3.63) is 0 Å². The molecule has 0 bridgehead atoms. The highest BCUT2D eigenvalue weighted by Gasteiger charge is 2.01. The molecule has 1 atom stereocenters. The molecule has 0 spiro atoms. The van der Waals surface area contributed by atoms with Crippen molar-refractivity contribution in [2.24, 2.45) is 0 Å². The molecule has 0 heterocycles. The molecule has 66 valence electrons. The number of ether oxygens (including phenoxy) is 1. The molecule has 0 aromatic heterocycles. The minimum atomic E-state index is -0.427. The minimum Gasteiger partial charge on any atom is -0.448 e. The van der Waals surface area contributed by atoms with E-state index in [0.717, 1.165) is 12.8 Å². The van der Waals surface area contributed by atoms with Crippen LogP contribution in [0, 0.1) is 0 Å². The number of halogens is 1. The summed E-state index contributed by atoms with van der Waals surface area (Å²) in [4.78, 5) is 9.80. The van der Waals surface area contributed by atoms with Crippen LogP contribution in [0.3, 0.4) is 0 Å². The summed E-state index contributed by atoms with van der Waals surface area (Å²) in [5.41, 5.74) is -0.427. The monoisotopic (exact) mass is 178 g/mol. The molecule has 0 aliphatic heterocycles. The maximum Gasteiger partial charge on any atom is 0.294 e. The van der Waals surface area contributed by atoms with Crippen molar-refractivity contribution in [1.82, 2.24) is 0 Å². The van der Waals surface area contributed by atoms with Crippen LogP contribution in [0.15, 0.2) is 0 Å². The van der Waals surface area contributed by atoms with Crippen molar-refractivity contribution in [2.45, 2.75) is 44.6 Å². The van der Waals surface area contributed by atoms with Crippen LogP contribution in [0.1, 0.15) is 39.0 Å². The van der Waals surface area contributed by atoms with E-state index in [2.05, 4.69) is 11.7 Å². The standard InChI is InChI=1S/C8H15ClO2/c1-2-3-4-5-6-8(9)11-7-10/h7-8H,2-6H2,1H3. The summed E-state index contributed by atoms with van der Waals surface area (Å²) in [6.45, 7) is 2.55. The van der Waals surface area contributed by atoms with Crippen LogP contribution in [0.5, 0.6) is 0 Å². The van der Waals surface area contributed by atoms with Crippen LogP contribution in [-0.2, 0) is 9.53 Å². The quantitative estimate of drug-likeness (QED) is 0.341. The first-order valence-corrected chi connectivity index (χ1v) is 4.48. The summed E-state index contributed by atoms with van der Waals surface area (Å²) >= 11 is 5.61. The van der Waals surface area contributed by atoms with Gasteiger partial charge in [-0.2, -0.15) is 0 Å². The lowest BCUT2D eigenvalue weighted by atomic mass is 10.2. The van der Waals surface area contributed by atoms with E-state index in [1.807, 2.05) is 0 Å². The molecular formula is C8H15ClO2. The van der Waals surface area contributed by atoms with E-state index in [4.69, 9.17) is 11.6 Å². The lowest BCUT2D eigenvalue weighted by Gasteiger charge is -2.05. The van der Waals surface area contributed by atoms with Crippen LogP contribution in [-0.4, -0.2) is 12.0 Å². The van der Waals surface area contributed by atoms with E-state index in [0.29, 0.717) is 6.47 Å². The maximum atomic E-state index is 9.80. The van der Waals surface area contributed by atoms with E-state index in [1.54, 1.807) is 0 Å². The first kappa shape index (κ1) is 10.8. The van der Waals surface area contributed by atoms with Crippen molar-refractivity contribution in [1.29, 1.82) is 0 Å². The van der Waals surface area contributed by atoms with Gasteiger partial charge in [-0.25, -0.2) is 0 Å². The predicted octanol–water partition coefficient (Wildman–Crippen LogP) is 2.69. The summed E-state index contributed by atoms with van der Waals surface area (Å²) < 4.78 is 4.51. The molecule has 0 N–H and O–H groups in total. The molecule has 0 amide bonds. The van der Waals surface area contributed by atoms with E-state index in [9.17, 15) is 4.79 Å². The van der Waals surface area contributed by atoms with E-state index < -0.39 is 5.56 Å². The van der Waals surface area contributed by atoms with Gasteiger partial charge >= 0.3 is 0 Å². The lowest BCUT2D eigenvalue weighted by molar-refractivity contribution is -0.130. The van der Waals surface area contributed by atoms with Crippen LogP contribution < -0.4 is 0 Å². The Bertz CT molecular complexity index is 96.1. The molecule has 3 heteroatoms. The van der Waals surface area contributed by atoms with E-state index >= 15 is 0 Å². The fourth-order valence-corrected chi connectivity index (χ4v) is 1.06. The molecule has 11 heavy (non-hydrogen) atoms. The normalized spacial score (nSPS) is 12.5. The fraction of sp³-hybridized carbons (Fsp3) is 0.875. The van der Waals surface area contributed by atoms with Gasteiger partial charge in [0.25, 0.3) is 6.47 Å². The molecule has 1 unspecified atom stereocenters. The topological polar surface area (TPSA) is 26.3 Å². The SMILES string of the molecule is CCCCCCC(Cl)OC=O. The molecule has 0 radical (unpaired) electrons. The van der Waals surface area contributed by atoms with Gasteiger partial charge in [-0.3, -0.25) is 4.79 Å². The van der Waals surface area contributed by atoms with E-state index in [1.165, 1.54) is 19.3 Å². The lowest BCUT2D eigenvalue weighted by Crippen LogP contribution is -2.02. The Kier molecular flexibility index (Phi) is 7.69. The molecular weight excluding hydrogens is 164 g/mol. The molecule has 0 saturated carbocycles. The van der Waals surface area contributed by atoms with Gasteiger partial charge in [0, 0.05) is 0 Å². The van der Waals surface area contributed by atoms with Crippen molar-refractivity contribution in [2.75, 3.05) is 0 Å². The van der Waals surface area contributed by atoms with Gasteiger partial charge in [0.1, 0.15) is 0 Å². The summed E-state index contributed by atoms with van der Waals surface area (Å²) in [5, 5.41) is 0. The summed E-state index contributed by atoms with van der Waals surface area (Å²) in [5.74, 6) is 0. The fourth-order valence-electron chi connectivity index (χ4n) is 0.860. The second-order valence-electron chi connectivity index (χ2n) is 2.49. The largest absolute Gasteiger partial charge is 0.448 e. The number of hydrogen-bond acceptors (Lipinski definition) is 2. The third-order valence-electron chi connectivity index (χ3n) is 1.49. The second kappa shape index (κ2) is 7.86. The molecule has 0 aliphatic rings. The smallest absolute Gasteiger partial charge is 0.294 e. The molecule has 0 aromatic rings. The van der Waals surface area contributed by atoms with Gasteiger partial charge < -0.3 is 4.74 Å². The van der Waals surface area contributed by atoms with Gasteiger partial charge in [0.2, 0.25) is 0 Å². The van der Waals surface area contributed by atoms with E-state index in [-0.39, 0.29) is 0 Å². The minimum absolute atomic E-state index is 0.400. The molecule has 0 saturated heterocycles. The third kappa shape index (κ3) is 7.66. The molecule has 0 rings (SSSR count). The molecule has 0 aromatic carbocycles. The zero-order chi connectivity index (χ0) is 8.53. The van der Waals surface area contributed by atoms with Crippen molar-refractivity contribution in [3.8, 4) is 0 Å². The highest BCUT2D eigenvalue weighted by atomic mass is 35.5. The number of alkyl halides is 1.